The van der Waals surface area contributed by atoms with Crippen molar-refractivity contribution in [1.82, 2.24) is 0 Å². The van der Waals surface area contributed by atoms with Crippen LogP contribution in [0.5, 0.6) is 0 Å². The fraction of sp³-hybridized carbons (Fsp3) is 0.714. The van der Waals surface area contributed by atoms with Crippen LogP contribution in [0.4, 0.5) is 0 Å². The monoisotopic (exact) mass is 196 g/mol. The van der Waals surface area contributed by atoms with E-state index in [-0.39, 0.29) is 0 Å². The lowest BCUT2D eigenvalue weighted by atomic mass is 10.4. The highest BCUT2D eigenvalue weighted by molar-refractivity contribution is 4.88. The van der Waals surface area contributed by atoms with Crippen LogP contribution in [-0.4, -0.2) is 0 Å². The SMILES string of the molecule is C1=CCCC1.C1=CCCC1.CC.CC. The van der Waals surface area contributed by atoms with Gasteiger partial charge >= 0.3 is 0 Å². The van der Waals surface area contributed by atoms with Gasteiger partial charge in [0.2, 0.25) is 0 Å². The van der Waals surface area contributed by atoms with Crippen molar-refractivity contribution in [2.45, 2.75) is 66.2 Å². The van der Waals surface area contributed by atoms with Crippen LogP contribution < -0.4 is 0 Å². The van der Waals surface area contributed by atoms with Crippen LogP contribution in [0.25, 0.3) is 0 Å². The molecule has 0 aromatic heterocycles. The van der Waals surface area contributed by atoms with Gasteiger partial charge in [0, 0.05) is 0 Å². The largest absolute Gasteiger partial charge is 0.0885 e. The molecule has 0 fully saturated rings. The van der Waals surface area contributed by atoms with Gasteiger partial charge in [-0.05, 0) is 38.5 Å². The Morgan fingerprint density at radius 1 is 0.500 bits per heavy atom. The first-order valence-electron chi connectivity index (χ1n) is 6.30. The second-order valence-corrected chi connectivity index (χ2v) is 2.80. The summed E-state index contributed by atoms with van der Waals surface area (Å²) >= 11 is 0. The molecule has 0 nitrogen and oxygen atoms in total. The molecule has 0 saturated carbocycles. The predicted octanol–water partition coefficient (Wildman–Crippen LogP) is 5.51. The highest BCUT2D eigenvalue weighted by Crippen LogP contribution is 2.05. The Bertz CT molecular complexity index is 92.0. The van der Waals surface area contributed by atoms with Crippen LogP contribution in [0.1, 0.15) is 66.2 Å². The average molecular weight is 196 g/mol. The van der Waals surface area contributed by atoms with E-state index in [9.17, 15) is 0 Å². The minimum absolute atomic E-state index is 1.32. The van der Waals surface area contributed by atoms with Gasteiger partial charge in [-0.1, -0.05) is 52.0 Å². The molecule has 0 spiro atoms. The second kappa shape index (κ2) is 18.3. The predicted molar refractivity (Wildman–Crippen MR) is 68.7 cm³/mol. The lowest BCUT2D eigenvalue weighted by Gasteiger charge is -1.69. The van der Waals surface area contributed by atoms with Crippen molar-refractivity contribution in [1.29, 1.82) is 0 Å². The molecule has 0 heterocycles. The van der Waals surface area contributed by atoms with E-state index in [0.717, 1.165) is 0 Å². The van der Waals surface area contributed by atoms with Gasteiger partial charge in [0.15, 0.2) is 0 Å². The summed E-state index contributed by atoms with van der Waals surface area (Å²) in [6.45, 7) is 8.00. The van der Waals surface area contributed by atoms with Crippen molar-refractivity contribution in [3.63, 3.8) is 0 Å². The average Bonchev–Trinajstić information content (AvgIpc) is 3.01. The Morgan fingerprint density at radius 2 is 0.714 bits per heavy atom. The fourth-order valence-corrected chi connectivity index (χ4v) is 1.18. The van der Waals surface area contributed by atoms with E-state index >= 15 is 0 Å². The molecule has 0 aromatic rings. The zero-order chi connectivity index (χ0) is 11.1. The Morgan fingerprint density at radius 3 is 0.786 bits per heavy atom. The molecule has 0 amide bonds. The summed E-state index contributed by atoms with van der Waals surface area (Å²) in [5, 5.41) is 0. The van der Waals surface area contributed by atoms with E-state index in [2.05, 4.69) is 24.3 Å². The van der Waals surface area contributed by atoms with Crippen molar-refractivity contribution in [2.75, 3.05) is 0 Å². The first-order valence-corrected chi connectivity index (χ1v) is 6.30. The molecule has 0 bridgehead atoms. The highest BCUT2D eigenvalue weighted by Gasteiger charge is 1.85. The van der Waals surface area contributed by atoms with Gasteiger partial charge in [-0.3, -0.25) is 0 Å². The molecule has 84 valence electrons. The van der Waals surface area contributed by atoms with E-state index in [1.807, 2.05) is 27.7 Å². The molecular formula is C14H28. The number of rotatable bonds is 0. The van der Waals surface area contributed by atoms with E-state index in [4.69, 9.17) is 0 Å². The number of hydrogen-bond acceptors (Lipinski definition) is 0. The molecule has 0 aromatic carbocycles. The molecule has 0 unspecified atom stereocenters. The topological polar surface area (TPSA) is 0 Å². The lowest BCUT2D eigenvalue weighted by molar-refractivity contribution is 0.929. The summed E-state index contributed by atoms with van der Waals surface area (Å²) in [5.74, 6) is 0. The maximum atomic E-state index is 2.24. The second-order valence-electron chi connectivity index (χ2n) is 2.80. The summed E-state index contributed by atoms with van der Waals surface area (Å²) in [5.41, 5.74) is 0. The number of hydrogen-bond donors (Lipinski definition) is 0. The number of allylic oxidation sites excluding steroid dienone is 4. The molecule has 0 aliphatic heterocycles. The smallest absolute Gasteiger partial charge is 0.0348 e. The molecule has 0 radical (unpaired) electrons. The van der Waals surface area contributed by atoms with Crippen LogP contribution in [-0.2, 0) is 0 Å². The van der Waals surface area contributed by atoms with Gasteiger partial charge in [-0.15, -0.1) is 0 Å². The van der Waals surface area contributed by atoms with Crippen molar-refractivity contribution in [3.8, 4) is 0 Å². The van der Waals surface area contributed by atoms with Crippen molar-refractivity contribution in [2.24, 2.45) is 0 Å². The zero-order valence-electron chi connectivity index (χ0n) is 10.6. The Balaban J connectivity index is 0. The summed E-state index contributed by atoms with van der Waals surface area (Å²) in [6.07, 6.45) is 17.0. The molecule has 0 N–H and O–H groups in total. The lowest BCUT2D eigenvalue weighted by Crippen LogP contribution is -1.50. The molecule has 0 heteroatoms. The quantitative estimate of drug-likeness (QED) is 0.448. The van der Waals surface area contributed by atoms with Crippen LogP contribution in [0.15, 0.2) is 24.3 Å². The first kappa shape index (κ1) is 15.9. The fourth-order valence-electron chi connectivity index (χ4n) is 1.18. The highest BCUT2D eigenvalue weighted by atomic mass is 13.9. The third kappa shape index (κ3) is 14.0. The maximum absolute atomic E-state index is 2.24. The van der Waals surface area contributed by atoms with E-state index in [1.165, 1.54) is 38.5 Å². The van der Waals surface area contributed by atoms with E-state index < -0.39 is 0 Å². The summed E-state index contributed by atoms with van der Waals surface area (Å²) in [4.78, 5) is 0. The molecule has 2 rings (SSSR count). The minimum atomic E-state index is 1.32. The van der Waals surface area contributed by atoms with Gasteiger partial charge < -0.3 is 0 Å². The van der Waals surface area contributed by atoms with Crippen molar-refractivity contribution >= 4 is 0 Å². The molecule has 2 aliphatic rings. The van der Waals surface area contributed by atoms with Crippen LogP contribution in [0, 0.1) is 0 Å². The van der Waals surface area contributed by atoms with E-state index in [1.54, 1.807) is 0 Å². The summed E-state index contributed by atoms with van der Waals surface area (Å²) in [7, 11) is 0. The molecule has 0 saturated heterocycles. The first-order chi connectivity index (χ1) is 7.00. The third-order valence-electron chi connectivity index (χ3n) is 1.82. The molecule has 0 atom stereocenters. The summed E-state index contributed by atoms with van der Waals surface area (Å²) in [6, 6.07) is 0. The minimum Gasteiger partial charge on any atom is -0.0885 e. The molecule has 2 aliphatic carbocycles. The van der Waals surface area contributed by atoms with Gasteiger partial charge in [0.1, 0.15) is 0 Å². The van der Waals surface area contributed by atoms with E-state index in [0.29, 0.717) is 0 Å². The van der Waals surface area contributed by atoms with Crippen molar-refractivity contribution in [3.05, 3.63) is 24.3 Å². The Labute approximate surface area is 91.1 Å². The maximum Gasteiger partial charge on any atom is -0.0348 e. The van der Waals surface area contributed by atoms with Crippen LogP contribution in [0.2, 0.25) is 0 Å². The van der Waals surface area contributed by atoms with Gasteiger partial charge in [0.25, 0.3) is 0 Å². The van der Waals surface area contributed by atoms with Gasteiger partial charge in [-0.2, -0.15) is 0 Å². The van der Waals surface area contributed by atoms with Gasteiger partial charge in [0.05, 0.1) is 0 Å². The standard InChI is InChI=1S/2C5H8.2C2H6/c2*1-2-4-5-3-1;2*1-2/h2*1-2H,3-5H2;2*1-2H3. The normalized spacial score (nSPS) is 15.7. The summed E-state index contributed by atoms with van der Waals surface area (Å²) < 4.78 is 0. The van der Waals surface area contributed by atoms with Crippen molar-refractivity contribution < 1.29 is 0 Å². The Kier molecular flexibility index (Phi) is 20.8. The third-order valence-corrected chi connectivity index (χ3v) is 1.82. The van der Waals surface area contributed by atoms with Gasteiger partial charge in [-0.25, -0.2) is 0 Å². The molecule has 14 heavy (non-hydrogen) atoms. The Hall–Kier alpha value is -0.520. The van der Waals surface area contributed by atoms with Crippen LogP contribution in [0.3, 0.4) is 0 Å². The van der Waals surface area contributed by atoms with Crippen LogP contribution >= 0.6 is 0 Å². The molecular weight excluding hydrogens is 168 g/mol. The zero-order valence-corrected chi connectivity index (χ0v) is 10.6.